The molecule has 4 aromatic rings. The molecule has 158 valence electrons. The van der Waals surface area contributed by atoms with Gasteiger partial charge in [-0.1, -0.05) is 12.1 Å². The summed E-state index contributed by atoms with van der Waals surface area (Å²) in [4.78, 5) is 29.3. The van der Waals surface area contributed by atoms with E-state index in [-0.39, 0.29) is 12.0 Å². The molecule has 0 saturated heterocycles. The second-order valence-corrected chi connectivity index (χ2v) is 6.98. The molecule has 2 aromatic carbocycles. The van der Waals surface area contributed by atoms with Crippen molar-refractivity contribution in [3.63, 3.8) is 0 Å². The van der Waals surface area contributed by atoms with E-state index < -0.39 is 11.5 Å². The lowest BCUT2D eigenvalue weighted by atomic mass is 10.1. The van der Waals surface area contributed by atoms with Gasteiger partial charge >= 0.3 is 0 Å². The van der Waals surface area contributed by atoms with Crippen molar-refractivity contribution in [1.82, 2.24) is 19.4 Å². The van der Waals surface area contributed by atoms with Crippen molar-refractivity contribution in [2.75, 3.05) is 19.1 Å². The van der Waals surface area contributed by atoms with Gasteiger partial charge < -0.3 is 9.47 Å². The summed E-state index contributed by atoms with van der Waals surface area (Å²) in [5.41, 5.74) is 5.52. The van der Waals surface area contributed by atoms with Gasteiger partial charge in [0, 0.05) is 6.07 Å². The lowest BCUT2D eigenvalue weighted by Gasteiger charge is -2.10. The third kappa shape index (κ3) is 4.11. The molecule has 9 nitrogen and oxygen atoms in total. The van der Waals surface area contributed by atoms with Crippen LogP contribution in [0.1, 0.15) is 11.1 Å². The minimum absolute atomic E-state index is 0.278. The number of fused-ring (bicyclic) bond motifs is 1. The van der Waals surface area contributed by atoms with Crippen LogP contribution in [0.2, 0.25) is 0 Å². The summed E-state index contributed by atoms with van der Waals surface area (Å²) < 4.78 is 13.2. The van der Waals surface area contributed by atoms with Crippen LogP contribution in [-0.4, -0.2) is 39.1 Å². The SMILES string of the molecule is COc1cccc(OCC(=O)Nn2cnc3c(cnn3-c3ccc(C)c(C)c3)c2=O)c1. The molecule has 0 radical (unpaired) electrons. The normalized spacial score (nSPS) is 10.8. The number of nitrogens with one attached hydrogen (secondary N) is 1. The molecule has 1 amide bonds. The zero-order valence-electron chi connectivity index (χ0n) is 17.3. The first kappa shape index (κ1) is 20.1. The first-order chi connectivity index (χ1) is 15.0. The third-order valence-corrected chi connectivity index (χ3v) is 4.88. The summed E-state index contributed by atoms with van der Waals surface area (Å²) in [6.45, 7) is 3.76. The van der Waals surface area contributed by atoms with Crippen LogP contribution < -0.4 is 20.5 Å². The van der Waals surface area contributed by atoms with Gasteiger partial charge in [0.2, 0.25) is 0 Å². The molecular weight excluding hydrogens is 398 g/mol. The van der Waals surface area contributed by atoms with Gasteiger partial charge in [0.05, 0.1) is 19.0 Å². The maximum absolute atomic E-state index is 12.8. The minimum atomic E-state index is -0.507. The largest absolute Gasteiger partial charge is 0.497 e. The van der Waals surface area contributed by atoms with E-state index >= 15 is 0 Å². The molecule has 0 aliphatic carbocycles. The molecule has 0 aliphatic heterocycles. The number of aryl methyl sites for hydroxylation is 2. The van der Waals surface area contributed by atoms with Crippen LogP contribution in [0.3, 0.4) is 0 Å². The molecule has 0 saturated carbocycles. The zero-order valence-corrected chi connectivity index (χ0v) is 17.3. The van der Waals surface area contributed by atoms with Crippen molar-refractivity contribution in [1.29, 1.82) is 0 Å². The molecule has 0 atom stereocenters. The van der Waals surface area contributed by atoms with E-state index in [0.717, 1.165) is 21.5 Å². The Bertz CT molecular complexity index is 1330. The number of carbonyl (C=O) groups is 1. The molecule has 2 aromatic heterocycles. The van der Waals surface area contributed by atoms with Crippen molar-refractivity contribution < 1.29 is 14.3 Å². The third-order valence-electron chi connectivity index (χ3n) is 4.88. The Hall–Kier alpha value is -4.14. The summed E-state index contributed by atoms with van der Waals surface area (Å²) in [5, 5.41) is 4.59. The Kier molecular flexibility index (Phi) is 5.40. The van der Waals surface area contributed by atoms with Crippen molar-refractivity contribution in [2.24, 2.45) is 0 Å². The van der Waals surface area contributed by atoms with Crippen LogP contribution in [0.15, 0.2) is 59.8 Å². The summed E-state index contributed by atoms with van der Waals surface area (Å²) in [6.07, 6.45) is 2.70. The van der Waals surface area contributed by atoms with E-state index in [4.69, 9.17) is 9.47 Å². The second-order valence-electron chi connectivity index (χ2n) is 6.98. The first-order valence-corrected chi connectivity index (χ1v) is 9.56. The average molecular weight is 419 g/mol. The summed E-state index contributed by atoms with van der Waals surface area (Å²) in [7, 11) is 1.55. The predicted molar refractivity (Wildman–Crippen MR) is 115 cm³/mol. The second kappa shape index (κ2) is 8.31. The lowest BCUT2D eigenvalue weighted by Crippen LogP contribution is -2.35. The maximum Gasteiger partial charge on any atom is 0.283 e. The van der Waals surface area contributed by atoms with E-state index in [2.05, 4.69) is 15.5 Å². The summed E-state index contributed by atoms with van der Waals surface area (Å²) in [5.74, 6) is 0.585. The van der Waals surface area contributed by atoms with Crippen molar-refractivity contribution in [3.8, 4) is 17.2 Å². The maximum atomic E-state index is 12.8. The predicted octanol–water partition coefficient (Wildman–Crippen LogP) is 2.36. The number of hydrogen-bond donors (Lipinski definition) is 1. The molecule has 9 heteroatoms. The van der Waals surface area contributed by atoms with Crippen LogP contribution in [-0.2, 0) is 4.79 Å². The summed E-state index contributed by atoms with van der Waals surface area (Å²) >= 11 is 0. The Labute approximate surface area is 177 Å². The highest BCUT2D eigenvalue weighted by Crippen LogP contribution is 2.19. The van der Waals surface area contributed by atoms with Crippen molar-refractivity contribution in [3.05, 3.63) is 76.5 Å². The molecule has 0 bridgehead atoms. The van der Waals surface area contributed by atoms with Crippen LogP contribution >= 0.6 is 0 Å². The topological polar surface area (TPSA) is 100 Å². The van der Waals surface area contributed by atoms with Crippen molar-refractivity contribution in [2.45, 2.75) is 13.8 Å². The Balaban J connectivity index is 1.52. The Morgan fingerprint density at radius 2 is 1.90 bits per heavy atom. The fourth-order valence-electron chi connectivity index (χ4n) is 3.04. The Morgan fingerprint density at radius 1 is 1.10 bits per heavy atom. The quantitative estimate of drug-likeness (QED) is 0.515. The van der Waals surface area contributed by atoms with E-state index in [1.165, 1.54) is 12.5 Å². The number of amides is 1. The molecule has 1 N–H and O–H groups in total. The van der Waals surface area contributed by atoms with Crippen LogP contribution in [0.5, 0.6) is 11.5 Å². The number of ether oxygens (including phenoxy) is 2. The Morgan fingerprint density at radius 3 is 2.68 bits per heavy atom. The molecule has 2 heterocycles. The van der Waals surface area contributed by atoms with Gasteiger partial charge in [-0.15, -0.1) is 0 Å². The highest BCUT2D eigenvalue weighted by Gasteiger charge is 2.13. The number of aromatic nitrogens is 4. The number of rotatable bonds is 6. The number of methoxy groups -OCH3 is 1. The van der Waals surface area contributed by atoms with Gasteiger partial charge in [-0.3, -0.25) is 15.0 Å². The monoisotopic (exact) mass is 419 g/mol. The first-order valence-electron chi connectivity index (χ1n) is 9.56. The number of carbonyl (C=O) groups excluding carboxylic acids is 1. The molecule has 0 unspecified atom stereocenters. The fraction of sp³-hybridized carbons (Fsp3) is 0.182. The van der Waals surface area contributed by atoms with E-state index in [1.807, 2.05) is 32.0 Å². The molecule has 0 fully saturated rings. The number of nitrogens with zero attached hydrogens (tertiary/aromatic N) is 4. The standard InChI is InChI=1S/C22H21N5O4/c1-14-7-8-16(9-15(14)2)27-21-19(11-24-27)22(29)26(13-23-21)25-20(28)12-31-18-6-4-5-17(10-18)30-3/h4-11,13H,12H2,1-3H3,(H,25,28). The lowest BCUT2D eigenvalue weighted by molar-refractivity contribution is -0.119. The van der Waals surface area contributed by atoms with E-state index in [9.17, 15) is 9.59 Å². The fourth-order valence-corrected chi connectivity index (χ4v) is 3.04. The highest BCUT2D eigenvalue weighted by atomic mass is 16.5. The van der Waals surface area contributed by atoms with Gasteiger partial charge in [0.15, 0.2) is 12.3 Å². The number of benzene rings is 2. The molecule has 0 spiro atoms. The summed E-state index contributed by atoms with van der Waals surface area (Å²) in [6, 6.07) is 12.8. The van der Waals surface area contributed by atoms with Crippen LogP contribution in [0.25, 0.3) is 16.7 Å². The smallest absolute Gasteiger partial charge is 0.283 e. The van der Waals surface area contributed by atoms with Gasteiger partial charge in [-0.25, -0.2) is 14.3 Å². The van der Waals surface area contributed by atoms with Crippen molar-refractivity contribution >= 4 is 16.9 Å². The van der Waals surface area contributed by atoms with Gasteiger partial charge in [0.25, 0.3) is 11.5 Å². The van der Waals surface area contributed by atoms with Gasteiger partial charge in [-0.2, -0.15) is 5.10 Å². The van der Waals surface area contributed by atoms with Crippen LogP contribution in [0.4, 0.5) is 0 Å². The molecule has 0 aliphatic rings. The van der Waals surface area contributed by atoms with E-state index in [0.29, 0.717) is 17.1 Å². The molecule has 31 heavy (non-hydrogen) atoms. The van der Waals surface area contributed by atoms with Crippen LogP contribution in [0, 0.1) is 13.8 Å². The average Bonchev–Trinajstić information content (AvgIpc) is 3.21. The van der Waals surface area contributed by atoms with Gasteiger partial charge in [-0.05, 0) is 49.2 Å². The minimum Gasteiger partial charge on any atom is -0.497 e. The van der Waals surface area contributed by atoms with Gasteiger partial charge in [0.1, 0.15) is 23.2 Å². The molecular formula is C22H21N5O4. The highest BCUT2D eigenvalue weighted by molar-refractivity contribution is 5.85. The zero-order chi connectivity index (χ0) is 22.0. The van der Waals surface area contributed by atoms with E-state index in [1.54, 1.807) is 36.1 Å². The number of hydrogen-bond acceptors (Lipinski definition) is 6. The molecule has 4 rings (SSSR count).